The molecule has 0 aliphatic rings. The van der Waals surface area contributed by atoms with Crippen LogP contribution in [0.3, 0.4) is 0 Å². The highest BCUT2D eigenvalue weighted by molar-refractivity contribution is 6.32. The lowest BCUT2D eigenvalue weighted by atomic mass is 10.1. The van der Waals surface area contributed by atoms with Gasteiger partial charge in [0.25, 0.3) is 0 Å². The Morgan fingerprint density at radius 1 is 1.50 bits per heavy atom. The highest BCUT2D eigenvalue weighted by Crippen LogP contribution is 2.26. The van der Waals surface area contributed by atoms with E-state index in [2.05, 4.69) is 10.2 Å². The van der Waals surface area contributed by atoms with E-state index < -0.39 is 0 Å². The van der Waals surface area contributed by atoms with Crippen molar-refractivity contribution in [3.05, 3.63) is 28.7 Å². The van der Waals surface area contributed by atoms with Gasteiger partial charge in [0.15, 0.2) is 0 Å². The fraction of sp³-hybridized carbons (Fsp3) is 0.400. The van der Waals surface area contributed by atoms with Crippen molar-refractivity contribution >= 4 is 17.4 Å². The minimum atomic E-state index is 0.0289. The summed E-state index contributed by atoms with van der Waals surface area (Å²) < 4.78 is 3.48. The third-order valence-electron chi connectivity index (χ3n) is 2.66. The second-order valence-corrected chi connectivity index (χ2v) is 4.25. The Kier molecular flexibility index (Phi) is 2.63. The molecule has 1 atom stereocenters. The number of nitrogens with zero attached hydrogens (tertiary/aromatic N) is 4. The highest BCUT2D eigenvalue weighted by Gasteiger charge is 2.17. The van der Waals surface area contributed by atoms with Crippen molar-refractivity contribution in [3.8, 4) is 0 Å². The summed E-state index contributed by atoms with van der Waals surface area (Å²) in [6, 6.07) is 0.0289. The van der Waals surface area contributed by atoms with Gasteiger partial charge in [-0.3, -0.25) is 4.68 Å². The van der Waals surface area contributed by atoms with Crippen molar-refractivity contribution in [3.63, 3.8) is 0 Å². The Labute approximate surface area is 98.8 Å². The first-order valence-corrected chi connectivity index (χ1v) is 5.37. The third kappa shape index (κ3) is 1.67. The first-order valence-electron chi connectivity index (χ1n) is 4.99. The van der Waals surface area contributed by atoms with Gasteiger partial charge in [0.1, 0.15) is 10.8 Å². The predicted molar refractivity (Wildman–Crippen MR) is 63.4 cm³/mol. The van der Waals surface area contributed by atoms with Gasteiger partial charge in [-0.05, 0) is 13.8 Å². The molecule has 0 bridgehead atoms. The number of anilines is 1. The van der Waals surface area contributed by atoms with Gasteiger partial charge >= 0.3 is 0 Å². The highest BCUT2D eigenvalue weighted by atomic mass is 35.5. The first kappa shape index (κ1) is 11.0. The van der Waals surface area contributed by atoms with Crippen LogP contribution >= 0.6 is 11.6 Å². The molecule has 6 heteroatoms. The normalized spacial score (nSPS) is 13.0. The molecular weight excluding hydrogens is 226 g/mol. The molecular formula is C10H14ClN5. The van der Waals surface area contributed by atoms with Crippen LogP contribution in [-0.4, -0.2) is 19.6 Å². The maximum Gasteiger partial charge on any atom is 0.141 e. The van der Waals surface area contributed by atoms with Crippen LogP contribution < -0.4 is 5.73 Å². The fourth-order valence-electron chi connectivity index (χ4n) is 1.82. The molecule has 86 valence electrons. The minimum Gasteiger partial charge on any atom is -0.383 e. The van der Waals surface area contributed by atoms with Gasteiger partial charge in [0.2, 0.25) is 0 Å². The molecule has 1 unspecified atom stereocenters. The van der Waals surface area contributed by atoms with Gasteiger partial charge < -0.3 is 5.73 Å². The number of nitrogen functional groups attached to an aromatic ring is 1. The van der Waals surface area contributed by atoms with E-state index >= 15 is 0 Å². The van der Waals surface area contributed by atoms with Gasteiger partial charge in [-0.2, -0.15) is 10.2 Å². The van der Waals surface area contributed by atoms with Crippen molar-refractivity contribution in [1.29, 1.82) is 0 Å². The molecule has 0 spiro atoms. The Morgan fingerprint density at radius 2 is 2.19 bits per heavy atom. The van der Waals surface area contributed by atoms with Gasteiger partial charge in [0.05, 0.1) is 17.9 Å². The van der Waals surface area contributed by atoms with Crippen molar-refractivity contribution in [1.82, 2.24) is 19.6 Å². The molecule has 2 aromatic rings. The molecule has 2 rings (SSSR count). The van der Waals surface area contributed by atoms with E-state index in [1.54, 1.807) is 15.6 Å². The van der Waals surface area contributed by atoms with Crippen molar-refractivity contribution in [2.24, 2.45) is 7.05 Å². The van der Waals surface area contributed by atoms with E-state index in [4.69, 9.17) is 17.3 Å². The number of hydrogen-bond acceptors (Lipinski definition) is 3. The number of aromatic nitrogens is 4. The Hall–Kier alpha value is -1.49. The van der Waals surface area contributed by atoms with E-state index in [0.29, 0.717) is 10.8 Å². The lowest BCUT2D eigenvalue weighted by molar-refractivity contribution is 0.570. The van der Waals surface area contributed by atoms with E-state index in [9.17, 15) is 0 Å². The summed E-state index contributed by atoms with van der Waals surface area (Å²) in [5.74, 6) is 0.484. The monoisotopic (exact) mass is 239 g/mol. The summed E-state index contributed by atoms with van der Waals surface area (Å²) in [7, 11) is 1.89. The number of aryl methyl sites for hydroxylation is 2. The predicted octanol–water partition coefficient (Wildman–Crippen LogP) is 1.77. The molecule has 0 fully saturated rings. The van der Waals surface area contributed by atoms with Crippen molar-refractivity contribution < 1.29 is 0 Å². The maximum absolute atomic E-state index is 5.88. The topological polar surface area (TPSA) is 61.7 Å². The molecule has 5 nitrogen and oxygen atoms in total. The van der Waals surface area contributed by atoms with Gasteiger partial charge in [-0.15, -0.1) is 0 Å². The molecule has 0 amide bonds. The SMILES string of the molecule is Cc1nn(C)cc1C(C)n1ncc(Cl)c1N. The Bertz CT molecular complexity index is 511. The zero-order valence-electron chi connectivity index (χ0n) is 9.48. The zero-order valence-corrected chi connectivity index (χ0v) is 10.2. The summed E-state index contributed by atoms with van der Waals surface area (Å²) in [5, 5.41) is 8.94. The van der Waals surface area contributed by atoms with Crippen molar-refractivity contribution in [2.45, 2.75) is 19.9 Å². The molecule has 16 heavy (non-hydrogen) atoms. The van der Waals surface area contributed by atoms with Gasteiger partial charge in [-0.25, -0.2) is 4.68 Å². The van der Waals surface area contributed by atoms with E-state index in [1.807, 2.05) is 27.1 Å². The summed E-state index contributed by atoms with van der Waals surface area (Å²) in [4.78, 5) is 0. The van der Waals surface area contributed by atoms with Crippen LogP contribution in [0.2, 0.25) is 5.02 Å². The first-order chi connectivity index (χ1) is 7.50. The van der Waals surface area contributed by atoms with Crippen LogP contribution in [-0.2, 0) is 7.05 Å². The molecule has 2 aromatic heterocycles. The molecule has 0 saturated carbocycles. The average Bonchev–Trinajstić information content (AvgIpc) is 2.71. The number of hydrogen-bond donors (Lipinski definition) is 1. The van der Waals surface area contributed by atoms with Crippen LogP contribution in [0, 0.1) is 6.92 Å². The number of rotatable bonds is 2. The minimum absolute atomic E-state index is 0.0289. The Balaban J connectivity index is 2.42. The largest absolute Gasteiger partial charge is 0.383 e. The number of nitrogens with two attached hydrogens (primary N) is 1. The standard InChI is InChI=1S/C10H14ClN5/c1-6-8(5-15(3)14-6)7(2)16-10(12)9(11)4-13-16/h4-5,7H,12H2,1-3H3. The van der Waals surface area contributed by atoms with Crippen molar-refractivity contribution in [2.75, 3.05) is 5.73 Å². The Morgan fingerprint density at radius 3 is 2.62 bits per heavy atom. The molecule has 0 aliphatic heterocycles. The second-order valence-electron chi connectivity index (χ2n) is 3.84. The summed E-state index contributed by atoms with van der Waals surface area (Å²) in [6.07, 6.45) is 3.52. The summed E-state index contributed by atoms with van der Waals surface area (Å²) in [5.41, 5.74) is 7.90. The van der Waals surface area contributed by atoms with E-state index in [-0.39, 0.29) is 6.04 Å². The van der Waals surface area contributed by atoms with E-state index in [1.165, 1.54) is 0 Å². The smallest absolute Gasteiger partial charge is 0.141 e. The van der Waals surface area contributed by atoms with Crippen LogP contribution in [0.1, 0.15) is 24.2 Å². The van der Waals surface area contributed by atoms with Crippen LogP contribution in [0.15, 0.2) is 12.4 Å². The average molecular weight is 240 g/mol. The summed E-state index contributed by atoms with van der Waals surface area (Å²) in [6.45, 7) is 3.98. The van der Waals surface area contributed by atoms with Gasteiger partial charge in [-0.1, -0.05) is 11.6 Å². The maximum atomic E-state index is 5.88. The quantitative estimate of drug-likeness (QED) is 0.869. The lowest BCUT2D eigenvalue weighted by Crippen LogP contribution is -2.11. The lowest BCUT2D eigenvalue weighted by Gasteiger charge is -2.12. The third-order valence-corrected chi connectivity index (χ3v) is 2.95. The van der Waals surface area contributed by atoms with Gasteiger partial charge in [0, 0.05) is 18.8 Å². The molecule has 2 N–H and O–H groups in total. The molecule has 0 aliphatic carbocycles. The molecule has 2 heterocycles. The van der Waals surface area contributed by atoms with E-state index in [0.717, 1.165) is 11.3 Å². The van der Waals surface area contributed by atoms with Crippen LogP contribution in [0.25, 0.3) is 0 Å². The fourth-order valence-corrected chi connectivity index (χ4v) is 1.95. The van der Waals surface area contributed by atoms with Crippen LogP contribution in [0.4, 0.5) is 5.82 Å². The molecule has 0 saturated heterocycles. The summed E-state index contributed by atoms with van der Waals surface area (Å²) >= 11 is 5.88. The van der Waals surface area contributed by atoms with Crippen LogP contribution in [0.5, 0.6) is 0 Å². The molecule has 0 aromatic carbocycles. The number of halogens is 1. The zero-order chi connectivity index (χ0) is 11.9. The molecule has 0 radical (unpaired) electrons. The second kappa shape index (κ2) is 3.83.